The third kappa shape index (κ3) is 4.68. The number of sulfonamides is 1. The zero-order valence-electron chi connectivity index (χ0n) is 19.1. The maximum absolute atomic E-state index is 13.4. The zero-order chi connectivity index (χ0) is 25.2. The van der Waals surface area contributed by atoms with Crippen LogP contribution in [-0.4, -0.2) is 32.0 Å². The van der Waals surface area contributed by atoms with Crippen LogP contribution in [0.2, 0.25) is 0 Å². The molecule has 3 N–H and O–H groups in total. The molecule has 0 radical (unpaired) electrons. The summed E-state index contributed by atoms with van der Waals surface area (Å²) in [6, 6.07) is 4.37. The molecular formula is C23H29F3N2O5S. The van der Waals surface area contributed by atoms with E-state index in [-0.39, 0.29) is 18.1 Å². The normalized spacial score (nSPS) is 30.9. The van der Waals surface area contributed by atoms with Gasteiger partial charge in [-0.05, 0) is 81.8 Å². The summed E-state index contributed by atoms with van der Waals surface area (Å²) in [7, 11) is -4.53. The number of ketones is 1. The number of nitrogens with one attached hydrogen (secondary N) is 1. The first kappa shape index (κ1) is 25.0. The van der Waals surface area contributed by atoms with E-state index in [1.807, 2.05) is 0 Å². The van der Waals surface area contributed by atoms with Crippen molar-refractivity contribution in [1.82, 2.24) is 4.72 Å². The van der Waals surface area contributed by atoms with Gasteiger partial charge in [-0.3, -0.25) is 9.59 Å². The van der Waals surface area contributed by atoms with Gasteiger partial charge in [0, 0.05) is 6.42 Å². The van der Waals surface area contributed by atoms with E-state index in [0.29, 0.717) is 18.3 Å². The summed E-state index contributed by atoms with van der Waals surface area (Å²) in [5, 5.41) is 0. The Kier molecular flexibility index (Phi) is 5.83. The van der Waals surface area contributed by atoms with Gasteiger partial charge in [0.15, 0.2) is 5.78 Å². The Morgan fingerprint density at radius 2 is 1.71 bits per heavy atom. The highest BCUT2D eigenvalue weighted by Crippen LogP contribution is 2.66. The number of Topliss-reactive ketones (excluding diaryl/α,β-unsaturated/α-hetero) is 1. The van der Waals surface area contributed by atoms with Crippen LogP contribution >= 0.6 is 0 Å². The Balaban J connectivity index is 1.54. The predicted molar refractivity (Wildman–Crippen MR) is 116 cm³/mol. The molecule has 0 heterocycles. The van der Waals surface area contributed by atoms with E-state index in [9.17, 15) is 31.2 Å². The number of ether oxygens (including phenoxy) is 1. The van der Waals surface area contributed by atoms with Gasteiger partial charge in [0.1, 0.15) is 10.6 Å². The average Bonchev–Trinajstić information content (AvgIpc) is 2.64. The molecule has 1 amide bonds. The molecule has 1 aromatic carbocycles. The molecule has 4 aliphatic carbocycles. The molecular weight excluding hydrogens is 473 g/mol. The maximum Gasteiger partial charge on any atom is 0.573 e. The fraction of sp³-hybridized carbons (Fsp3) is 0.652. The van der Waals surface area contributed by atoms with Crippen LogP contribution in [0.4, 0.5) is 13.2 Å². The summed E-state index contributed by atoms with van der Waals surface area (Å²) in [4.78, 5) is 25.0. The number of hydrogen-bond acceptors (Lipinski definition) is 5. The largest absolute Gasteiger partial charge is 0.573 e. The van der Waals surface area contributed by atoms with Crippen LogP contribution in [0.5, 0.6) is 5.75 Å². The van der Waals surface area contributed by atoms with Crippen LogP contribution in [0.3, 0.4) is 0 Å². The number of alkyl halides is 3. The molecule has 0 spiro atoms. The second kappa shape index (κ2) is 7.94. The molecule has 5 rings (SSSR count). The number of primary amides is 1. The van der Waals surface area contributed by atoms with Crippen molar-refractivity contribution in [3.05, 3.63) is 24.3 Å². The van der Waals surface area contributed by atoms with Gasteiger partial charge in [0.05, 0.1) is 11.0 Å². The number of halogens is 3. The van der Waals surface area contributed by atoms with Crippen LogP contribution in [0.15, 0.2) is 29.2 Å². The molecule has 0 aromatic heterocycles. The fourth-order valence-electron chi connectivity index (χ4n) is 6.84. The van der Waals surface area contributed by atoms with E-state index in [1.54, 1.807) is 0 Å². The topological polar surface area (TPSA) is 116 Å². The number of rotatable bonds is 8. The van der Waals surface area contributed by atoms with Gasteiger partial charge in [-0.25, -0.2) is 8.42 Å². The predicted octanol–water partition coefficient (Wildman–Crippen LogP) is 3.67. The molecule has 0 saturated heterocycles. The molecule has 4 aliphatic rings. The number of nitrogens with two attached hydrogens (primary N) is 1. The van der Waals surface area contributed by atoms with Crippen molar-refractivity contribution in [1.29, 1.82) is 0 Å². The summed E-state index contributed by atoms with van der Waals surface area (Å²) < 4.78 is 70.4. The molecule has 0 aliphatic heterocycles. The van der Waals surface area contributed by atoms with Crippen molar-refractivity contribution in [2.75, 3.05) is 0 Å². The smallest absolute Gasteiger partial charge is 0.404 e. The highest BCUT2D eigenvalue weighted by molar-refractivity contribution is 7.89. The number of amides is 1. The Labute approximate surface area is 196 Å². The summed E-state index contributed by atoms with van der Waals surface area (Å²) in [6.45, 7) is 2.79. The molecule has 4 fully saturated rings. The molecule has 2 unspecified atom stereocenters. The standard InChI is InChI=1S/C23H29F3N2O5S/c1-20(2,28-34(31,32)17-6-4-3-5-16(17)33-23(24,25)26)18(29)12-21-8-14-7-15(9-21)11-22(10-14,13-21)19(27)30/h3-6,14-15,28H,7-13H2,1-2H3,(H2,27,30). The molecule has 11 heteroatoms. The molecule has 188 valence electrons. The van der Waals surface area contributed by atoms with Crippen LogP contribution < -0.4 is 15.2 Å². The van der Waals surface area contributed by atoms with Gasteiger partial charge in [-0.2, -0.15) is 4.72 Å². The lowest BCUT2D eigenvalue weighted by atomic mass is 9.43. The van der Waals surface area contributed by atoms with Crippen LogP contribution in [0, 0.1) is 22.7 Å². The van der Waals surface area contributed by atoms with Crippen molar-refractivity contribution < 1.29 is 35.9 Å². The number of carbonyl (C=O) groups excluding carboxylic acids is 2. The lowest BCUT2D eigenvalue weighted by Crippen LogP contribution is -2.58. The lowest BCUT2D eigenvalue weighted by Gasteiger charge is -2.61. The van der Waals surface area contributed by atoms with E-state index in [1.165, 1.54) is 26.0 Å². The summed E-state index contributed by atoms with van der Waals surface area (Å²) in [6.07, 6.45) is -0.431. The molecule has 4 bridgehead atoms. The Bertz CT molecular complexity index is 1100. The van der Waals surface area contributed by atoms with E-state index < -0.39 is 43.4 Å². The highest BCUT2D eigenvalue weighted by atomic mass is 32.2. The summed E-state index contributed by atoms with van der Waals surface area (Å²) in [5.74, 6) is -0.970. The molecule has 34 heavy (non-hydrogen) atoms. The third-order valence-corrected chi connectivity index (χ3v) is 9.39. The van der Waals surface area contributed by atoms with Crippen molar-refractivity contribution in [3.63, 3.8) is 0 Å². The van der Waals surface area contributed by atoms with Gasteiger partial charge in [0.25, 0.3) is 0 Å². The van der Waals surface area contributed by atoms with Gasteiger partial charge in [0.2, 0.25) is 15.9 Å². The minimum Gasteiger partial charge on any atom is -0.404 e. The van der Waals surface area contributed by atoms with Crippen molar-refractivity contribution >= 4 is 21.7 Å². The number of benzene rings is 1. The number of hydrogen-bond donors (Lipinski definition) is 2. The van der Waals surface area contributed by atoms with E-state index in [4.69, 9.17) is 5.73 Å². The minimum atomic E-state index is -5.08. The first-order chi connectivity index (χ1) is 15.5. The Morgan fingerprint density at radius 1 is 1.12 bits per heavy atom. The van der Waals surface area contributed by atoms with Crippen molar-refractivity contribution in [2.45, 2.75) is 75.6 Å². The second-order valence-corrected chi connectivity index (χ2v) is 12.6. The molecule has 2 atom stereocenters. The van der Waals surface area contributed by atoms with Crippen molar-refractivity contribution in [2.24, 2.45) is 28.4 Å². The first-order valence-corrected chi connectivity index (χ1v) is 12.8. The average molecular weight is 503 g/mol. The quantitative estimate of drug-likeness (QED) is 0.563. The maximum atomic E-state index is 13.4. The summed E-state index contributed by atoms with van der Waals surface area (Å²) in [5.41, 5.74) is 3.15. The number of para-hydroxylation sites is 1. The fourth-order valence-corrected chi connectivity index (χ4v) is 8.37. The third-order valence-electron chi connectivity index (χ3n) is 7.69. The van der Waals surface area contributed by atoms with Crippen LogP contribution in [0.1, 0.15) is 58.8 Å². The van der Waals surface area contributed by atoms with Gasteiger partial charge in [-0.15, -0.1) is 13.2 Å². The summed E-state index contributed by atoms with van der Waals surface area (Å²) >= 11 is 0. The first-order valence-electron chi connectivity index (χ1n) is 11.3. The van der Waals surface area contributed by atoms with E-state index in [0.717, 1.165) is 44.2 Å². The van der Waals surface area contributed by atoms with Crippen LogP contribution in [0.25, 0.3) is 0 Å². The Morgan fingerprint density at radius 3 is 2.26 bits per heavy atom. The Hall–Kier alpha value is -2.14. The molecule has 4 saturated carbocycles. The zero-order valence-corrected chi connectivity index (χ0v) is 19.9. The van der Waals surface area contributed by atoms with E-state index >= 15 is 0 Å². The highest BCUT2D eigenvalue weighted by Gasteiger charge is 2.60. The SMILES string of the molecule is CC(C)(NS(=O)(=O)c1ccccc1OC(F)(F)F)C(=O)CC12CC3CC(C1)CC(C(N)=O)(C3)C2. The van der Waals surface area contributed by atoms with Gasteiger partial charge in [-0.1, -0.05) is 12.1 Å². The van der Waals surface area contributed by atoms with Gasteiger partial charge < -0.3 is 10.5 Å². The molecule has 1 aromatic rings. The van der Waals surface area contributed by atoms with Crippen LogP contribution in [-0.2, 0) is 19.6 Å². The minimum absolute atomic E-state index is 0.0747. The van der Waals surface area contributed by atoms with E-state index in [2.05, 4.69) is 9.46 Å². The number of carbonyl (C=O) groups is 2. The van der Waals surface area contributed by atoms with Crippen molar-refractivity contribution in [3.8, 4) is 5.75 Å². The van der Waals surface area contributed by atoms with Gasteiger partial charge >= 0.3 is 6.36 Å². The lowest BCUT2D eigenvalue weighted by molar-refractivity contribution is -0.275. The monoisotopic (exact) mass is 502 g/mol. The molecule has 7 nitrogen and oxygen atoms in total. The second-order valence-electron chi connectivity index (χ2n) is 10.9.